The molecule has 0 unspecified atom stereocenters. The Bertz CT molecular complexity index is 967. The summed E-state index contributed by atoms with van der Waals surface area (Å²) in [4.78, 5) is 12.0. The molecule has 0 aliphatic rings. The minimum atomic E-state index is -4.51. The molecule has 4 nitrogen and oxygen atoms in total. The maximum absolute atomic E-state index is 13.7. The maximum Gasteiger partial charge on any atom is 0.435 e. The second-order valence-corrected chi connectivity index (χ2v) is 6.05. The highest BCUT2D eigenvalue weighted by molar-refractivity contribution is 6.31. The van der Waals surface area contributed by atoms with Crippen molar-refractivity contribution in [2.24, 2.45) is 0 Å². The van der Waals surface area contributed by atoms with Crippen LogP contribution in [-0.4, -0.2) is 15.7 Å². The minimum absolute atomic E-state index is 0.109. The number of carbonyl (C=O) groups is 1. The first-order chi connectivity index (χ1) is 12.7. The van der Waals surface area contributed by atoms with Crippen molar-refractivity contribution in [2.45, 2.75) is 12.7 Å². The average Bonchev–Trinajstić information content (AvgIpc) is 3.13. The molecule has 9 heteroatoms. The summed E-state index contributed by atoms with van der Waals surface area (Å²) in [6.45, 7) is 0.109. The van der Waals surface area contributed by atoms with Crippen LogP contribution in [0.2, 0.25) is 5.02 Å². The zero-order valence-electron chi connectivity index (χ0n) is 13.6. The van der Waals surface area contributed by atoms with Crippen LogP contribution in [-0.2, 0) is 12.7 Å². The van der Waals surface area contributed by atoms with E-state index in [0.29, 0.717) is 11.3 Å². The van der Waals surface area contributed by atoms with Crippen molar-refractivity contribution < 1.29 is 22.4 Å². The van der Waals surface area contributed by atoms with Crippen LogP contribution in [0.1, 0.15) is 21.6 Å². The van der Waals surface area contributed by atoms with Gasteiger partial charge < -0.3 is 5.32 Å². The summed E-state index contributed by atoms with van der Waals surface area (Å²) in [6, 6.07) is 10.9. The molecule has 1 aromatic heterocycles. The third-order valence-corrected chi connectivity index (χ3v) is 3.94. The van der Waals surface area contributed by atoms with Crippen molar-refractivity contribution in [3.8, 4) is 5.69 Å². The quantitative estimate of drug-likeness (QED) is 0.653. The highest BCUT2D eigenvalue weighted by atomic mass is 35.5. The van der Waals surface area contributed by atoms with Crippen LogP contribution in [0.15, 0.2) is 54.7 Å². The van der Waals surface area contributed by atoms with E-state index in [1.807, 2.05) is 0 Å². The fraction of sp³-hybridized carbons (Fsp3) is 0.111. The van der Waals surface area contributed by atoms with Gasteiger partial charge in [-0.2, -0.15) is 18.3 Å². The number of rotatable bonds is 4. The van der Waals surface area contributed by atoms with Gasteiger partial charge in [0.05, 0.1) is 11.3 Å². The molecule has 1 heterocycles. The third kappa shape index (κ3) is 4.46. The molecule has 3 rings (SSSR count). The number of benzene rings is 2. The van der Waals surface area contributed by atoms with Gasteiger partial charge in [-0.25, -0.2) is 9.07 Å². The number of hydrogen-bond acceptors (Lipinski definition) is 2. The van der Waals surface area contributed by atoms with Crippen LogP contribution < -0.4 is 5.32 Å². The first-order valence-corrected chi connectivity index (χ1v) is 8.07. The standard InChI is InChI=1S/C18H12ClF4N3O/c19-12-3-6-15(20)14(9-12)17(27)24-10-11-1-4-13(5-2-11)26-8-7-16(25-26)18(21,22)23/h1-9H,10H2,(H,24,27). The van der Waals surface area contributed by atoms with Crippen LogP contribution in [0.5, 0.6) is 0 Å². The van der Waals surface area contributed by atoms with Gasteiger partial charge in [0.2, 0.25) is 0 Å². The predicted octanol–water partition coefficient (Wildman–Crippen LogP) is 4.61. The van der Waals surface area contributed by atoms with E-state index in [0.717, 1.165) is 16.8 Å². The molecule has 0 spiro atoms. The zero-order valence-corrected chi connectivity index (χ0v) is 14.4. The summed E-state index contributed by atoms with van der Waals surface area (Å²) in [5.74, 6) is -1.31. The Kier molecular flexibility index (Phi) is 5.18. The van der Waals surface area contributed by atoms with Gasteiger partial charge in [-0.15, -0.1) is 0 Å². The largest absolute Gasteiger partial charge is 0.435 e. The Morgan fingerprint density at radius 2 is 1.81 bits per heavy atom. The van der Waals surface area contributed by atoms with Crippen molar-refractivity contribution in [2.75, 3.05) is 0 Å². The van der Waals surface area contributed by atoms with E-state index in [-0.39, 0.29) is 17.1 Å². The molecular weight excluding hydrogens is 386 g/mol. The Hall–Kier alpha value is -2.87. The van der Waals surface area contributed by atoms with Crippen molar-refractivity contribution in [3.63, 3.8) is 0 Å². The third-order valence-electron chi connectivity index (χ3n) is 3.71. The van der Waals surface area contributed by atoms with Gasteiger partial charge in [0, 0.05) is 17.8 Å². The molecule has 0 saturated heterocycles. The van der Waals surface area contributed by atoms with Crippen LogP contribution in [0, 0.1) is 5.82 Å². The van der Waals surface area contributed by atoms with E-state index in [1.54, 1.807) is 24.3 Å². The van der Waals surface area contributed by atoms with Gasteiger partial charge in [-0.3, -0.25) is 4.79 Å². The van der Waals surface area contributed by atoms with E-state index in [4.69, 9.17) is 11.6 Å². The molecule has 0 aliphatic heterocycles. The second-order valence-electron chi connectivity index (χ2n) is 5.62. The molecule has 0 atom stereocenters. The van der Waals surface area contributed by atoms with E-state index in [1.165, 1.54) is 18.3 Å². The molecule has 1 amide bonds. The van der Waals surface area contributed by atoms with Crippen molar-refractivity contribution >= 4 is 17.5 Å². The van der Waals surface area contributed by atoms with Gasteiger partial charge in [-0.05, 0) is 42.0 Å². The van der Waals surface area contributed by atoms with E-state index in [2.05, 4.69) is 10.4 Å². The molecule has 0 aliphatic carbocycles. The van der Waals surface area contributed by atoms with Gasteiger partial charge >= 0.3 is 6.18 Å². The lowest BCUT2D eigenvalue weighted by molar-refractivity contribution is -0.141. The Labute approximate surface area is 156 Å². The van der Waals surface area contributed by atoms with Crippen molar-refractivity contribution in [1.82, 2.24) is 15.1 Å². The summed E-state index contributed by atoms with van der Waals surface area (Å²) < 4.78 is 52.6. The van der Waals surface area contributed by atoms with Gasteiger partial charge in [0.25, 0.3) is 5.91 Å². The number of amides is 1. The van der Waals surface area contributed by atoms with Crippen LogP contribution >= 0.6 is 11.6 Å². The lowest BCUT2D eigenvalue weighted by Gasteiger charge is -2.08. The van der Waals surface area contributed by atoms with E-state index < -0.39 is 23.6 Å². The Balaban J connectivity index is 1.66. The topological polar surface area (TPSA) is 46.9 Å². The number of nitrogens with zero attached hydrogens (tertiary/aromatic N) is 2. The number of aromatic nitrogens is 2. The van der Waals surface area contributed by atoms with Gasteiger partial charge in [0.1, 0.15) is 5.82 Å². The normalized spacial score (nSPS) is 11.4. The van der Waals surface area contributed by atoms with Gasteiger partial charge in [-0.1, -0.05) is 23.7 Å². The summed E-state index contributed by atoms with van der Waals surface area (Å²) in [6.07, 6.45) is -3.30. The first kappa shape index (κ1) is 18.9. The molecule has 3 aromatic rings. The molecule has 0 bridgehead atoms. The maximum atomic E-state index is 13.7. The molecule has 1 N–H and O–H groups in total. The fourth-order valence-corrected chi connectivity index (χ4v) is 2.51. The first-order valence-electron chi connectivity index (χ1n) is 7.69. The molecule has 27 heavy (non-hydrogen) atoms. The number of carbonyl (C=O) groups excluding carboxylic acids is 1. The van der Waals surface area contributed by atoms with Crippen molar-refractivity contribution in [1.29, 1.82) is 0 Å². The minimum Gasteiger partial charge on any atom is -0.348 e. The molecule has 2 aromatic carbocycles. The predicted molar refractivity (Wildman–Crippen MR) is 91.1 cm³/mol. The smallest absolute Gasteiger partial charge is 0.348 e. The van der Waals surface area contributed by atoms with Crippen LogP contribution in [0.4, 0.5) is 17.6 Å². The van der Waals surface area contributed by atoms with E-state index in [9.17, 15) is 22.4 Å². The Morgan fingerprint density at radius 3 is 2.44 bits per heavy atom. The lowest BCUT2D eigenvalue weighted by atomic mass is 10.1. The van der Waals surface area contributed by atoms with Crippen molar-refractivity contribution in [3.05, 3.63) is 82.4 Å². The van der Waals surface area contributed by atoms with Gasteiger partial charge in [0.15, 0.2) is 5.69 Å². The summed E-state index contributed by atoms with van der Waals surface area (Å²) in [7, 11) is 0. The lowest BCUT2D eigenvalue weighted by Crippen LogP contribution is -2.23. The summed E-state index contributed by atoms with van der Waals surface area (Å²) >= 11 is 5.76. The second kappa shape index (κ2) is 7.40. The highest BCUT2D eigenvalue weighted by Crippen LogP contribution is 2.27. The monoisotopic (exact) mass is 397 g/mol. The molecule has 0 fully saturated rings. The number of alkyl halides is 3. The summed E-state index contributed by atoms with van der Waals surface area (Å²) in [5.41, 5.74) is -0.0445. The molecule has 0 saturated carbocycles. The van der Waals surface area contributed by atoms with Crippen LogP contribution in [0.3, 0.4) is 0 Å². The fourth-order valence-electron chi connectivity index (χ4n) is 2.33. The SMILES string of the molecule is O=C(NCc1ccc(-n2ccc(C(F)(F)F)n2)cc1)c1cc(Cl)ccc1F. The number of nitrogens with one attached hydrogen (secondary N) is 1. The average molecular weight is 398 g/mol. The number of hydrogen-bond donors (Lipinski definition) is 1. The molecular formula is C18H12ClF4N3O. The molecule has 0 radical (unpaired) electrons. The number of halogens is 5. The van der Waals surface area contributed by atoms with E-state index >= 15 is 0 Å². The molecule has 140 valence electrons. The summed E-state index contributed by atoms with van der Waals surface area (Å²) in [5, 5.41) is 6.28. The Morgan fingerprint density at radius 1 is 1.11 bits per heavy atom. The zero-order chi connectivity index (χ0) is 19.6. The van der Waals surface area contributed by atoms with Crippen LogP contribution in [0.25, 0.3) is 5.69 Å². The highest BCUT2D eigenvalue weighted by Gasteiger charge is 2.33.